The normalized spacial score (nSPS) is 41.1. The van der Waals surface area contributed by atoms with Crippen LogP contribution in [-0.2, 0) is 33.3 Å². The average Bonchev–Trinajstić information content (AvgIpc) is 2.74. The van der Waals surface area contributed by atoms with Crippen LogP contribution in [0.1, 0.15) is 6.92 Å². The predicted octanol–water partition coefficient (Wildman–Crippen LogP) is -2.63. The molecular formula is C18H31NO11S. The van der Waals surface area contributed by atoms with E-state index >= 15 is 0 Å². The van der Waals surface area contributed by atoms with Crippen molar-refractivity contribution in [2.24, 2.45) is 5.92 Å². The molecule has 5 N–H and O–H groups in total. The third-order valence-electron chi connectivity index (χ3n) is 5.35. The molecule has 2 rings (SSSR count). The fourth-order valence-electron chi connectivity index (χ4n) is 3.66. The van der Waals surface area contributed by atoms with Crippen LogP contribution in [0, 0.1) is 5.92 Å². The number of ether oxygens (including phenoxy) is 5. The number of thiol groups is 1. The minimum Gasteiger partial charge on any atom is -0.479 e. The number of hydrogen-bond acceptors (Lipinski definition) is 12. The molecule has 0 aromatic rings. The molecule has 10 unspecified atom stereocenters. The van der Waals surface area contributed by atoms with Crippen molar-refractivity contribution in [3.63, 3.8) is 0 Å². The van der Waals surface area contributed by atoms with E-state index in [9.17, 15) is 30.0 Å². The summed E-state index contributed by atoms with van der Waals surface area (Å²) in [6, 6.07) is -0.736. The Kier molecular flexibility index (Phi) is 10.5. The Labute approximate surface area is 185 Å². The second kappa shape index (κ2) is 12.4. The highest BCUT2D eigenvalue weighted by Crippen LogP contribution is 2.31. The van der Waals surface area contributed by atoms with Crippen LogP contribution in [0.15, 0.2) is 0 Å². The van der Waals surface area contributed by atoms with Gasteiger partial charge in [0.25, 0.3) is 0 Å². The topological polar surface area (TPSA) is 173 Å². The van der Waals surface area contributed by atoms with Crippen LogP contribution in [0.2, 0.25) is 0 Å². The number of carboxylic acid groups (broad SMARTS) is 1. The molecule has 2 fully saturated rings. The molecule has 0 bridgehead atoms. The molecule has 10 atom stereocenters. The van der Waals surface area contributed by atoms with E-state index in [1.807, 2.05) is 0 Å². The van der Waals surface area contributed by atoms with Gasteiger partial charge in [-0.05, 0) is 0 Å². The van der Waals surface area contributed by atoms with Gasteiger partial charge in [0.05, 0.1) is 31.9 Å². The molecular weight excluding hydrogens is 438 g/mol. The van der Waals surface area contributed by atoms with Crippen LogP contribution < -0.4 is 5.32 Å². The summed E-state index contributed by atoms with van der Waals surface area (Å²) in [7, 11) is 1.20. The van der Waals surface area contributed by atoms with Gasteiger partial charge in [0.2, 0.25) is 0 Å². The summed E-state index contributed by atoms with van der Waals surface area (Å²) in [5, 5.41) is 43.7. The first-order valence-electron chi connectivity index (χ1n) is 9.88. The highest BCUT2D eigenvalue weighted by atomic mass is 32.1. The van der Waals surface area contributed by atoms with E-state index in [1.165, 1.54) is 7.11 Å². The van der Waals surface area contributed by atoms with Gasteiger partial charge in [0.15, 0.2) is 18.7 Å². The van der Waals surface area contributed by atoms with Gasteiger partial charge in [-0.25, -0.2) is 4.79 Å². The lowest BCUT2D eigenvalue weighted by Gasteiger charge is -2.47. The van der Waals surface area contributed by atoms with Crippen molar-refractivity contribution in [3.05, 3.63) is 0 Å². The summed E-state index contributed by atoms with van der Waals surface area (Å²) in [5.41, 5.74) is 0. The third kappa shape index (κ3) is 6.35. The van der Waals surface area contributed by atoms with Crippen LogP contribution in [0.4, 0.5) is 0 Å². The van der Waals surface area contributed by atoms with Crippen LogP contribution in [0.5, 0.6) is 0 Å². The molecule has 2 aliphatic rings. The SMILES string of the molecule is COC1OC(C(=O)O)C(OC2OC(COCCS)C(O)C(C)C2NCC=O)C(O)C1O. The number of methoxy groups -OCH3 is 1. The van der Waals surface area contributed by atoms with Gasteiger partial charge in [-0.1, -0.05) is 6.92 Å². The van der Waals surface area contributed by atoms with Crippen LogP contribution in [0.3, 0.4) is 0 Å². The molecule has 0 aromatic heterocycles. The summed E-state index contributed by atoms with van der Waals surface area (Å²) >= 11 is 4.05. The van der Waals surface area contributed by atoms with Gasteiger partial charge in [0, 0.05) is 18.8 Å². The summed E-state index contributed by atoms with van der Waals surface area (Å²) in [6.45, 7) is 1.97. The van der Waals surface area contributed by atoms with E-state index in [0.29, 0.717) is 18.6 Å². The van der Waals surface area contributed by atoms with E-state index in [0.717, 1.165) is 0 Å². The van der Waals surface area contributed by atoms with Gasteiger partial charge in [0.1, 0.15) is 30.7 Å². The van der Waals surface area contributed by atoms with Crippen LogP contribution >= 0.6 is 12.6 Å². The summed E-state index contributed by atoms with van der Waals surface area (Å²) in [6.07, 6.45) is -10.2. The molecule has 0 amide bonds. The lowest BCUT2D eigenvalue weighted by atomic mass is 9.88. The molecule has 180 valence electrons. The Hall–Kier alpha value is -0.870. The monoisotopic (exact) mass is 469 g/mol. The maximum absolute atomic E-state index is 11.7. The summed E-state index contributed by atoms with van der Waals surface area (Å²) in [5.74, 6) is -1.47. The Morgan fingerprint density at radius 3 is 2.45 bits per heavy atom. The maximum Gasteiger partial charge on any atom is 0.335 e. The van der Waals surface area contributed by atoms with Crippen molar-refractivity contribution >= 4 is 24.9 Å². The summed E-state index contributed by atoms with van der Waals surface area (Å²) in [4.78, 5) is 22.6. The fourth-order valence-corrected chi connectivity index (χ4v) is 3.79. The molecule has 0 spiro atoms. The third-order valence-corrected chi connectivity index (χ3v) is 5.54. The van der Waals surface area contributed by atoms with E-state index < -0.39 is 67.1 Å². The van der Waals surface area contributed by atoms with Crippen molar-refractivity contribution in [2.75, 3.05) is 32.6 Å². The number of aldehydes is 1. The van der Waals surface area contributed by atoms with E-state index in [-0.39, 0.29) is 13.2 Å². The Bertz CT molecular complexity index is 585. The molecule has 0 saturated carbocycles. The van der Waals surface area contributed by atoms with Gasteiger partial charge in [-0.15, -0.1) is 0 Å². The molecule has 2 heterocycles. The first-order valence-corrected chi connectivity index (χ1v) is 10.5. The smallest absolute Gasteiger partial charge is 0.335 e. The molecule has 2 saturated heterocycles. The number of carboxylic acids is 1. The second-order valence-corrected chi connectivity index (χ2v) is 7.82. The zero-order valence-corrected chi connectivity index (χ0v) is 18.2. The molecule has 0 radical (unpaired) electrons. The predicted molar refractivity (Wildman–Crippen MR) is 107 cm³/mol. The van der Waals surface area contributed by atoms with Crippen molar-refractivity contribution in [3.8, 4) is 0 Å². The van der Waals surface area contributed by atoms with Gasteiger partial charge < -0.3 is 54.2 Å². The van der Waals surface area contributed by atoms with Gasteiger partial charge in [-0.3, -0.25) is 0 Å². The van der Waals surface area contributed by atoms with Gasteiger partial charge in [-0.2, -0.15) is 12.6 Å². The van der Waals surface area contributed by atoms with Crippen LogP contribution in [-0.4, -0.2) is 121 Å². The standard InChI is InChI=1S/C18H31NO11S/c1-8-10(19-3-4-20)17(28-9(11(8)21)7-27-5-6-31)29-14-12(22)13(23)18(26-2)30-15(14)16(24)25/h4,8-15,17-19,21-23,31H,3,5-7H2,1-2H3,(H,24,25). The number of carbonyl (C=O) groups is 2. The average molecular weight is 470 g/mol. The van der Waals surface area contributed by atoms with Crippen molar-refractivity contribution in [1.29, 1.82) is 0 Å². The Morgan fingerprint density at radius 2 is 1.87 bits per heavy atom. The van der Waals surface area contributed by atoms with Gasteiger partial charge >= 0.3 is 5.97 Å². The van der Waals surface area contributed by atoms with E-state index in [2.05, 4.69) is 17.9 Å². The minimum atomic E-state index is -1.67. The quantitative estimate of drug-likeness (QED) is 0.106. The first kappa shape index (κ1) is 26.4. The van der Waals surface area contributed by atoms with Crippen LogP contribution in [0.25, 0.3) is 0 Å². The number of carbonyl (C=O) groups excluding carboxylic acids is 1. The number of aliphatic hydroxyl groups is 3. The minimum absolute atomic E-state index is 0.0206. The first-order chi connectivity index (χ1) is 14.8. The number of nitrogens with one attached hydrogen (secondary N) is 1. The van der Waals surface area contributed by atoms with E-state index in [4.69, 9.17) is 23.7 Å². The Morgan fingerprint density at radius 1 is 1.16 bits per heavy atom. The number of aliphatic hydroxyl groups excluding tert-OH is 3. The van der Waals surface area contributed by atoms with Crippen molar-refractivity contribution < 1.29 is 53.7 Å². The van der Waals surface area contributed by atoms with Crippen molar-refractivity contribution in [2.45, 2.75) is 62.2 Å². The zero-order chi connectivity index (χ0) is 23.1. The zero-order valence-electron chi connectivity index (χ0n) is 17.3. The highest BCUT2D eigenvalue weighted by molar-refractivity contribution is 7.80. The lowest BCUT2D eigenvalue weighted by Crippen LogP contribution is -2.66. The maximum atomic E-state index is 11.7. The second-order valence-electron chi connectivity index (χ2n) is 7.37. The largest absolute Gasteiger partial charge is 0.479 e. The van der Waals surface area contributed by atoms with Crippen molar-refractivity contribution in [1.82, 2.24) is 5.32 Å². The molecule has 12 nitrogen and oxygen atoms in total. The van der Waals surface area contributed by atoms with E-state index in [1.54, 1.807) is 6.92 Å². The fraction of sp³-hybridized carbons (Fsp3) is 0.889. The number of hydrogen-bond donors (Lipinski definition) is 6. The molecule has 0 aromatic carbocycles. The molecule has 31 heavy (non-hydrogen) atoms. The number of aliphatic carboxylic acids is 1. The molecule has 13 heteroatoms. The highest BCUT2D eigenvalue weighted by Gasteiger charge is 2.52. The summed E-state index contributed by atoms with van der Waals surface area (Å²) < 4.78 is 27.1. The Balaban J connectivity index is 2.24. The molecule has 0 aliphatic carbocycles. The molecule has 2 aliphatic heterocycles. The lowest BCUT2D eigenvalue weighted by molar-refractivity contribution is -0.335. The number of rotatable bonds is 11.